The van der Waals surface area contributed by atoms with E-state index in [1.54, 1.807) is 4.90 Å². The van der Waals surface area contributed by atoms with Crippen LogP contribution in [0.25, 0.3) is 0 Å². The van der Waals surface area contributed by atoms with Crippen LogP contribution in [-0.4, -0.2) is 42.2 Å². The van der Waals surface area contributed by atoms with Crippen LogP contribution in [0, 0.1) is 0 Å². The molecule has 0 saturated carbocycles. The van der Waals surface area contributed by atoms with Crippen molar-refractivity contribution in [2.24, 2.45) is 0 Å². The molecule has 1 heterocycles. The maximum Gasteiger partial charge on any atom is 0.242 e. The fourth-order valence-electron chi connectivity index (χ4n) is 3.30. The summed E-state index contributed by atoms with van der Waals surface area (Å²) in [7, 11) is 0. The Morgan fingerprint density at radius 1 is 1.08 bits per heavy atom. The fourth-order valence-corrected chi connectivity index (χ4v) is 3.45. The zero-order valence-electron chi connectivity index (χ0n) is 14.7. The number of anilines is 1. The van der Waals surface area contributed by atoms with Gasteiger partial charge >= 0.3 is 0 Å². The quantitative estimate of drug-likeness (QED) is 0.738. The van der Waals surface area contributed by atoms with Gasteiger partial charge in [0, 0.05) is 13.1 Å². The molecule has 1 aliphatic heterocycles. The molecule has 0 atom stereocenters. The predicted octanol–water partition coefficient (Wildman–Crippen LogP) is 3.40. The molecule has 0 aliphatic carbocycles. The lowest BCUT2D eigenvalue weighted by atomic mass is 10.0. The van der Waals surface area contributed by atoms with Gasteiger partial charge in [0.15, 0.2) is 0 Å². The van der Waals surface area contributed by atoms with Crippen LogP contribution >= 0.6 is 11.6 Å². The molecule has 0 aromatic heterocycles. The summed E-state index contributed by atoms with van der Waals surface area (Å²) in [6, 6.07) is 6.06. The molecule has 1 aromatic rings. The monoisotopic (exact) mass is 350 g/mol. The van der Waals surface area contributed by atoms with E-state index in [0.29, 0.717) is 0 Å². The fraction of sp³-hybridized carbons (Fsp3) is 0.579. The minimum atomic E-state index is -0.211. The number of piperidine rings is 1. The summed E-state index contributed by atoms with van der Waals surface area (Å²) in [5.41, 5.74) is 3.04. The lowest BCUT2D eigenvalue weighted by Gasteiger charge is -2.31. The third-order valence-electron chi connectivity index (χ3n) is 4.65. The predicted molar refractivity (Wildman–Crippen MR) is 98.7 cm³/mol. The van der Waals surface area contributed by atoms with Crippen molar-refractivity contribution in [3.05, 3.63) is 29.3 Å². The van der Waals surface area contributed by atoms with Gasteiger partial charge in [0.25, 0.3) is 0 Å². The number of amides is 2. The SMILES string of the molecule is CCc1cccc(CC)c1N(CC(=O)N1CCCCC1)C(=O)CCl. The molecule has 5 heteroatoms. The van der Waals surface area contributed by atoms with E-state index in [1.807, 2.05) is 23.1 Å². The molecule has 1 aromatic carbocycles. The van der Waals surface area contributed by atoms with Gasteiger partial charge in [-0.1, -0.05) is 32.0 Å². The number of carbonyl (C=O) groups is 2. The van der Waals surface area contributed by atoms with Gasteiger partial charge in [-0.2, -0.15) is 0 Å². The molecule has 1 fully saturated rings. The van der Waals surface area contributed by atoms with Crippen LogP contribution in [0.3, 0.4) is 0 Å². The Bertz CT molecular complexity index is 560. The Morgan fingerprint density at radius 2 is 1.67 bits per heavy atom. The van der Waals surface area contributed by atoms with Gasteiger partial charge in [0.05, 0.1) is 5.69 Å². The van der Waals surface area contributed by atoms with E-state index in [-0.39, 0.29) is 24.2 Å². The first-order valence-electron chi connectivity index (χ1n) is 8.87. The van der Waals surface area contributed by atoms with Crippen molar-refractivity contribution in [1.29, 1.82) is 0 Å². The lowest BCUT2D eigenvalue weighted by molar-refractivity contribution is -0.132. The molecule has 1 saturated heterocycles. The lowest BCUT2D eigenvalue weighted by Crippen LogP contribution is -2.45. The highest BCUT2D eigenvalue weighted by atomic mass is 35.5. The van der Waals surface area contributed by atoms with Crippen molar-refractivity contribution in [1.82, 2.24) is 4.90 Å². The summed E-state index contributed by atoms with van der Waals surface area (Å²) in [6.45, 7) is 5.79. The minimum absolute atomic E-state index is 0.0149. The summed E-state index contributed by atoms with van der Waals surface area (Å²) < 4.78 is 0. The van der Waals surface area contributed by atoms with Gasteiger partial charge in [-0.15, -0.1) is 11.6 Å². The van der Waals surface area contributed by atoms with Gasteiger partial charge in [-0.05, 0) is 43.2 Å². The van der Waals surface area contributed by atoms with E-state index < -0.39 is 0 Å². The minimum Gasteiger partial charge on any atom is -0.341 e. The van der Waals surface area contributed by atoms with Crippen molar-refractivity contribution in [3.8, 4) is 0 Å². The van der Waals surface area contributed by atoms with Gasteiger partial charge in [-0.25, -0.2) is 0 Å². The van der Waals surface area contributed by atoms with Crippen molar-refractivity contribution in [2.75, 3.05) is 30.4 Å². The Morgan fingerprint density at radius 3 is 2.17 bits per heavy atom. The molecule has 0 bridgehead atoms. The topological polar surface area (TPSA) is 40.6 Å². The number of carbonyl (C=O) groups excluding carboxylic acids is 2. The Balaban J connectivity index is 2.32. The Kier molecular flexibility index (Phi) is 7.10. The van der Waals surface area contributed by atoms with E-state index in [2.05, 4.69) is 13.8 Å². The first-order chi connectivity index (χ1) is 11.6. The highest BCUT2D eigenvalue weighted by molar-refractivity contribution is 6.29. The third kappa shape index (κ3) is 4.29. The van der Waals surface area contributed by atoms with E-state index in [0.717, 1.165) is 55.6 Å². The van der Waals surface area contributed by atoms with Crippen LogP contribution in [0.2, 0.25) is 0 Å². The van der Waals surface area contributed by atoms with Crippen LogP contribution in [0.4, 0.5) is 5.69 Å². The van der Waals surface area contributed by atoms with Crippen LogP contribution < -0.4 is 4.90 Å². The molecule has 0 N–H and O–H groups in total. The highest BCUT2D eigenvalue weighted by Crippen LogP contribution is 2.27. The van der Waals surface area contributed by atoms with Crippen LogP contribution in [-0.2, 0) is 22.4 Å². The second-order valence-electron chi connectivity index (χ2n) is 6.19. The first kappa shape index (κ1) is 18.8. The molecule has 132 valence electrons. The zero-order valence-corrected chi connectivity index (χ0v) is 15.4. The van der Waals surface area contributed by atoms with E-state index in [4.69, 9.17) is 11.6 Å². The largest absolute Gasteiger partial charge is 0.341 e. The molecule has 0 unspecified atom stereocenters. The smallest absolute Gasteiger partial charge is 0.242 e. The van der Waals surface area contributed by atoms with Gasteiger partial charge < -0.3 is 9.80 Å². The second-order valence-corrected chi connectivity index (χ2v) is 6.45. The standard InChI is InChI=1S/C19H27ClN2O2/c1-3-15-9-8-10-16(4-2)19(15)22(17(23)13-20)14-18(24)21-11-6-5-7-12-21/h8-10H,3-7,11-14H2,1-2H3. The van der Waals surface area contributed by atoms with Gasteiger partial charge in [-0.3, -0.25) is 9.59 Å². The van der Waals surface area contributed by atoms with Gasteiger partial charge in [0.1, 0.15) is 12.4 Å². The number of hydrogen-bond donors (Lipinski definition) is 0. The highest BCUT2D eigenvalue weighted by Gasteiger charge is 2.26. The molecule has 24 heavy (non-hydrogen) atoms. The van der Waals surface area contributed by atoms with Crippen LogP contribution in [0.1, 0.15) is 44.2 Å². The number of rotatable bonds is 6. The summed E-state index contributed by atoms with van der Waals surface area (Å²) in [5, 5.41) is 0. The molecule has 2 amide bonds. The number of halogens is 1. The summed E-state index contributed by atoms with van der Waals surface area (Å²) >= 11 is 5.84. The molecule has 2 rings (SSSR count). The maximum atomic E-state index is 12.7. The van der Waals surface area contributed by atoms with Crippen molar-refractivity contribution in [2.45, 2.75) is 46.0 Å². The molecule has 0 spiro atoms. The van der Waals surface area contributed by atoms with Crippen LogP contribution in [0.15, 0.2) is 18.2 Å². The number of para-hydroxylation sites is 1. The third-order valence-corrected chi connectivity index (χ3v) is 4.88. The van der Waals surface area contributed by atoms with Crippen LogP contribution in [0.5, 0.6) is 0 Å². The molecule has 0 radical (unpaired) electrons. The van der Waals surface area contributed by atoms with E-state index >= 15 is 0 Å². The first-order valence-corrected chi connectivity index (χ1v) is 9.40. The van der Waals surface area contributed by atoms with E-state index in [9.17, 15) is 9.59 Å². The number of nitrogens with zero attached hydrogens (tertiary/aromatic N) is 2. The number of alkyl halides is 1. The van der Waals surface area contributed by atoms with Gasteiger partial charge in [0.2, 0.25) is 11.8 Å². The number of benzene rings is 1. The van der Waals surface area contributed by atoms with Crippen molar-refractivity contribution >= 4 is 29.1 Å². The summed E-state index contributed by atoms with van der Waals surface area (Å²) in [6.07, 6.45) is 4.88. The molecular weight excluding hydrogens is 324 g/mol. The number of aryl methyl sites for hydroxylation is 2. The van der Waals surface area contributed by atoms with Crippen molar-refractivity contribution in [3.63, 3.8) is 0 Å². The Labute approximate surface area is 149 Å². The molecule has 4 nitrogen and oxygen atoms in total. The average molecular weight is 351 g/mol. The number of likely N-dealkylation sites (tertiary alicyclic amines) is 1. The Hall–Kier alpha value is -1.55. The normalized spacial score (nSPS) is 14.5. The second kappa shape index (κ2) is 9.07. The zero-order chi connectivity index (χ0) is 17.5. The van der Waals surface area contributed by atoms with Crippen molar-refractivity contribution < 1.29 is 9.59 Å². The maximum absolute atomic E-state index is 12.7. The number of hydrogen-bond acceptors (Lipinski definition) is 2. The summed E-state index contributed by atoms with van der Waals surface area (Å²) in [4.78, 5) is 28.7. The average Bonchev–Trinajstić information content (AvgIpc) is 2.65. The molecule has 1 aliphatic rings. The van der Waals surface area contributed by atoms with E-state index in [1.165, 1.54) is 6.42 Å². The molecular formula is C19H27ClN2O2. The summed E-state index contributed by atoms with van der Waals surface area (Å²) in [5.74, 6) is -0.312.